The van der Waals surface area contributed by atoms with Gasteiger partial charge in [0.1, 0.15) is 33.2 Å². The minimum atomic E-state index is -3.42. The number of nitrogens with two attached hydrogens (primary N) is 2. The first-order valence-corrected chi connectivity index (χ1v) is 10.8. The fourth-order valence-electron chi connectivity index (χ4n) is 1.41. The Morgan fingerprint density at radius 3 is 2.62 bits per heavy atom. The highest BCUT2D eigenvalue weighted by atomic mass is 127. The third kappa shape index (κ3) is 8.90. The highest BCUT2D eigenvalue weighted by Gasteiger charge is 2.05. The number of hydrogen-bond acceptors (Lipinski definition) is 7. The molecule has 0 radical (unpaired) electrons. The summed E-state index contributed by atoms with van der Waals surface area (Å²) in [6, 6.07) is 5.61. The van der Waals surface area contributed by atoms with Crippen LogP contribution in [0.2, 0.25) is 0 Å². The Morgan fingerprint density at radius 2 is 2.05 bits per heavy atom. The van der Waals surface area contributed by atoms with Gasteiger partial charge in [-0.05, 0) is 33.6 Å². The Balaban J connectivity index is 2.39. The standard InChI is InChI=1S/C11H17BrIN3O4S/c12-9-6-8(7-16-11(14)15)2-3-10(9)19-4-1-5-20-21(13,17)18/h2-3,6,11,16H,1,4-5,7,14-15H2. The number of hydrogen-bond donors (Lipinski definition) is 3. The third-order valence-electron chi connectivity index (χ3n) is 2.31. The monoisotopic (exact) mass is 493 g/mol. The lowest BCUT2D eigenvalue weighted by Gasteiger charge is -2.11. The lowest BCUT2D eigenvalue weighted by atomic mass is 10.2. The second-order valence-electron chi connectivity index (χ2n) is 4.09. The molecule has 10 heteroatoms. The summed E-state index contributed by atoms with van der Waals surface area (Å²) in [5, 5.41) is 2.90. The highest BCUT2D eigenvalue weighted by molar-refractivity contribution is 14.2. The topological polar surface area (TPSA) is 117 Å². The van der Waals surface area contributed by atoms with E-state index in [0.29, 0.717) is 25.3 Å². The van der Waals surface area contributed by atoms with E-state index in [1.165, 1.54) is 21.2 Å². The fourth-order valence-corrected chi connectivity index (χ4v) is 2.80. The van der Waals surface area contributed by atoms with Crippen LogP contribution in [0, 0.1) is 0 Å². The minimum absolute atomic E-state index is 0.0965. The van der Waals surface area contributed by atoms with Gasteiger partial charge in [-0.2, -0.15) is 8.42 Å². The molecule has 21 heavy (non-hydrogen) atoms. The fraction of sp³-hybridized carbons (Fsp3) is 0.455. The minimum Gasteiger partial charge on any atom is -0.492 e. The average Bonchev–Trinajstić information content (AvgIpc) is 2.36. The smallest absolute Gasteiger partial charge is 0.321 e. The molecule has 120 valence electrons. The maximum Gasteiger partial charge on any atom is 0.321 e. The molecule has 1 aromatic carbocycles. The Hall–Kier alpha value is 0.0200. The molecule has 0 aliphatic heterocycles. The van der Waals surface area contributed by atoms with Crippen molar-refractivity contribution in [2.45, 2.75) is 19.3 Å². The Kier molecular flexibility index (Phi) is 8.38. The molecule has 1 rings (SSSR count). The van der Waals surface area contributed by atoms with Crippen molar-refractivity contribution in [1.29, 1.82) is 0 Å². The summed E-state index contributed by atoms with van der Waals surface area (Å²) >= 11 is 4.65. The number of rotatable bonds is 9. The van der Waals surface area contributed by atoms with Crippen molar-refractivity contribution < 1.29 is 17.3 Å². The maximum atomic E-state index is 10.8. The van der Waals surface area contributed by atoms with E-state index in [1.54, 1.807) is 0 Å². The molecule has 0 aliphatic rings. The first-order valence-electron chi connectivity index (χ1n) is 6.03. The molecule has 0 unspecified atom stereocenters. The van der Waals surface area contributed by atoms with E-state index in [9.17, 15) is 8.42 Å². The first-order chi connectivity index (χ1) is 9.78. The molecule has 0 fully saturated rings. The van der Waals surface area contributed by atoms with E-state index in [1.807, 2.05) is 18.2 Å². The first kappa shape index (κ1) is 19.1. The Labute approximate surface area is 144 Å². The molecule has 0 saturated carbocycles. The molecule has 0 heterocycles. The summed E-state index contributed by atoms with van der Waals surface area (Å²) in [6.07, 6.45) is -0.0890. The van der Waals surface area contributed by atoms with Gasteiger partial charge in [0.15, 0.2) is 0 Å². The van der Waals surface area contributed by atoms with Gasteiger partial charge in [0, 0.05) is 13.0 Å². The van der Waals surface area contributed by atoms with Crippen molar-refractivity contribution in [2.24, 2.45) is 11.5 Å². The summed E-state index contributed by atoms with van der Waals surface area (Å²) in [4.78, 5) is 0. The summed E-state index contributed by atoms with van der Waals surface area (Å²) in [6.45, 7) is 1.01. The van der Waals surface area contributed by atoms with E-state index in [2.05, 4.69) is 25.4 Å². The average molecular weight is 494 g/mol. The van der Waals surface area contributed by atoms with Gasteiger partial charge < -0.3 is 16.2 Å². The summed E-state index contributed by atoms with van der Waals surface area (Å²) < 4.78 is 32.5. The highest BCUT2D eigenvalue weighted by Crippen LogP contribution is 2.26. The van der Waals surface area contributed by atoms with Crippen LogP contribution in [0.1, 0.15) is 12.0 Å². The lowest BCUT2D eigenvalue weighted by molar-refractivity contribution is 0.254. The number of ether oxygens (including phenoxy) is 1. The Bertz CT molecular complexity index is 556. The van der Waals surface area contributed by atoms with E-state index < -0.39 is 13.6 Å². The zero-order valence-electron chi connectivity index (χ0n) is 11.1. The van der Waals surface area contributed by atoms with Crippen LogP contribution in [0.4, 0.5) is 0 Å². The molecule has 0 spiro atoms. The van der Waals surface area contributed by atoms with Gasteiger partial charge >= 0.3 is 7.29 Å². The molecule has 0 amide bonds. The van der Waals surface area contributed by atoms with Crippen LogP contribution in [0.3, 0.4) is 0 Å². The molecular formula is C11H17BrIN3O4S. The zero-order chi connectivity index (χ0) is 15.9. The van der Waals surface area contributed by atoms with E-state index in [-0.39, 0.29) is 6.61 Å². The van der Waals surface area contributed by atoms with Crippen LogP contribution >= 0.6 is 37.1 Å². The predicted octanol–water partition coefficient (Wildman–Crippen LogP) is 1.20. The molecule has 1 aromatic rings. The molecule has 0 saturated heterocycles. The van der Waals surface area contributed by atoms with E-state index in [4.69, 9.17) is 16.2 Å². The molecule has 5 N–H and O–H groups in total. The van der Waals surface area contributed by atoms with E-state index >= 15 is 0 Å². The van der Waals surface area contributed by atoms with Crippen LogP contribution in [0.25, 0.3) is 0 Å². The van der Waals surface area contributed by atoms with Gasteiger partial charge in [-0.1, -0.05) is 6.07 Å². The van der Waals surface area contributed by atoms with Crippen LogP contribution in [-0.2, 0) is 18.0 Å². The van der Waals surface area contributed by atoms with Crippen molar-refractivity contribution >= 4 is 44.4 Å². The SMILES string of the molecule is NC(N)NCc1ccc(OCCCOS(=O)(=O)I)c(Br)c1. The molecule has 0 aliphatic carbocycles. The normalized spacial score (nSPS) is 11.9. The second-order valence-corrected chi connectivity index (χ2v) is 9.20. The maximum absolute atomic E-state index is 10.8. The lowest BCUT2D eigenvalue weighted by Crippen LogP contribution is -2.44. The zero-order valence-corrected chi connectivity index (χ0v) is 15.6. The molecule has 7 nitrogen and oxygen atoms in total. The molecule has 0 bridgehead atoms. The number of nitrogens with one attached hydrogen (secondary N) is 1. The van der Waals surface area contributed by atoms with Crippen LogP contribution in [-0.4, -0.2) is 27.9 Å². The summed E-state index contributed by atoms with van der Waals surface area (Å²) in [5.74, 6) is 0.674. The molecule has 0 atom stereocenters. The van der Waals surface area contributed by atoms with Gasteiger partial charge in [0.2, 0.25) is 0 Å². The van der Waals surface area contributed by atoms with Crippen molar-refractivity contribution in [1.82, 2.24) is 5.32 Å². The van der Waals surface area contributed by atoms with Crippen molar-refractivity contribution in [3.05, 3.63) is 28.2 Å². The van der Waals surface area contributed by atoms with Crippen LogP contribution in [0.5, 0.6) is 5.75 Å². The van der Waals surface area contributed by atoms with Crippen LogP contribution in [0.15, 0.2) is 22.7 Å². The quantitative estimate of drug-likeness (QED) is 0.205. The van der Waals surface area contributed by atoms with Crippen LogP contribution < -0.4 is 21.5 Å². The Morgan fingerprint density at radius 1 is 1.33 bits per heavy atom. The largest absolute Gasteiger partial charge is 0.492 e. The predicted molar refractivity (Wildman–Crippen MR) is 92.1 cm³/mol. The summed E-state index contributed by atoms with van der Waals surface area (Å²) in [5.41, 5.74) is 11.8. The molecule has 0 aromatic heterocycles. The number of benzene rings is 1. The van der Waals surface area contributed by atoms with Crippen molar-refractivity contribution in [2.75, 3.05) is 13.2 Å². The van der Waals surface area contributed by atoms with Gasteiger partial charge in [-0.15, -0.1) is 0 Å². The second kappa shape index (κ2) is 9.22. The van der Waals surface area contributed by atoms with Gasteiger partial charge in [-0.25, -0.2) is 0 Å². The van der Waals surface area contributed by atoms with Gasteiger partial charge in [0.05, 0.1) is 17.7 Å². The molecular weight excluding hydrogens is 477 g/mol. The summed E-state index contributed by atoms with van der Waals surface area (Å²) in [7, 11) is -3.42. The third-order valence-corrected chi connectivity index (χ3v) is 4.14. The van der Waals surface area contributed by atoms with Gasteiger partial charge in [-0.3, -0.25) is 9.50 Å². The van der Waals surface area contributed by atoms with Crippen molar-refractivity contribution in [3.63, 3.8) is 0 Å². The van der Waals surface area contributed by atoms with Gasteiger partial charge in [0.25, 0.3) is 0 Å². The number of halogens is 2. The van der Waals surface area contributed by atoms with Crippen molar-refractivity contribution in [3.8, 4) is 5.75 Å². The van der Waals surface area contributed by atoms with E-state index in [0.717, 1.165) is 10.0 Å².